The van der Waals surface area contributed by atoms with Gasteiger partial charge in [0.05, 0.1) is 0 Å². The summed E-state index contributed by atoms with van der Waals surface area (Å²) < 4.78 is 5.84. The Morgan fingerprint density at radius 1 is 0.500 bits per heavy atom. The standard InChI is InChI=1S/C40H27IN4S/c46-41(29-13-4-1-5-14-29,30-15-6-2-7-16-30)31-26-42-40(43-27-31)28-23-24-36-38(25-28)44(32-17-8-3-9-18-32)37-22-12-20-34-33-19-10-11-21-35(33)45(36)39(34)37/h1-27H. The molecule has 0 saturated carbocycles. The fraction of sp³-hybridized carbons (Fsp3) is 0. The van der Waals surface area contributed by atoms with Crippen LogP contribution in [0.4, 0.5) is 17.1 Å². The summed E-state index contributed by atoms with van der Waals surface area (Å²) in [5, 5.41) is 2.50. The third kappa shape index (κ3) is 4.10. The van der Waals surface area contributed by atoms with Gasteiger partial charge in [-0.15, -0.1) is 0 Å². The monoisotopic (exact) mass is 722 g/mol. The molecule has 0 aliphatic carbocycles. The number of benzene rings is 6. The van der Waals surface area contributed by atoms with Crippen LogP contribution in [-0.4, -0.2) is 14.5 Å². The minimum atomic E-state index is -3.28. The van der Waals surface area contributed by atoms with Crippen molar-refractivity contribution in [3.8, 4) is 17.1 Å². The zero-order chi connectivity index (χ0) is 30.7. The number of fused-ring (bicyclic) bond motifs is 5. The first-order valence-corrected chi connectivity index (χ1v) is 21.3. The van der Waals surface area contributed by atoms with Crippen LogP contribution in [-0.2, 0) is 0 Å². The molecule has 220 valence electrons. The number of rotatable bonds is 5. The summed E-state index contributed by atoms with van der Waals surface area (Å²) in [5.41, 5.74) is 7.83. The molecule has 0 atom stereocenters. The average molecular weight is 723 g/mol. The number of nitrogens with zero attached hydrogens (tertiary/aromatic N) is 4. The molecule has 6 aromatic carbocycles. The van der Waals surface area contributed by atoms with Crippen molar-refractivity contribution in [2.75, 3.05) is 4.90 Å². The molecule has 1 aliphatic heterocycles. The van der Waals surface area contributed by atoms with Crippen LogP contribution in [0.25, 0.3) is 38.9 Å². The van der Waals surface area contributed by atoms with E-state index in [2.05, 4.69) is 149 Å². The van der Waals surface area contributed by atoms with Crippen molar-refractivity contribution in [1.29, 1.82) is 0 Å². The summed E-state index contributed by atoms with van der Waals surface area (Å²) in [7, 11) is 6.60. The molecule has 0 fully saturated rings. The van der Waals surface area contributed by atoms with Crippen molar-refractivity contribution >= 4 is 64.6 Å². The Morgan fingerprint density at radius 3 is 1.80 bits per heavy atom. The number of hydrogen-bond donors (Lipinski definition) is 0. The fourth-order valence-corrected chi connectivity index (χ4v) is 14.6. The molecule has 0 saturated heterocycles. The van der Waals surface area contributed by atoms with Crippen molar-refractivity contribution in [3.63, 3.8) is 0 Å². The van der Waals surface area contributed by atoms with Crippen molar-refractivity contribution < 1.29 is 0 Å². The second-order valence-corrected chi connectivity index (χ2v) is 21.0. The molecule has 8 aromatic rings. The van der Waals surface area contributed by atoms with E-state index in [0.29, 0.717) is 5.82 Å². The van der Waals surface area contributed by atoms with Gasteiger partial charge in [-0.25, -0.2) is 0 Å². The number of hydrogen-bond acceptors (Lipinski definition) is 4. The van der Waals surface area contributed by atoms with Crippen LogP contribution >= 0.6 is 25.8 Å². The van der Waals surface area contributed by atoms with E-state index < -0.39 is 16.5 Å². The molecule has 4 nitrogen and oxygen atoms in total. The SMILES string of the molecule is S=I(c1ccccc1)(c1ccccc1)c1cnc(-c2ccc3c(c2)N(c2ccccc2)c2cccc4c5ccccc5n-3c24)nc1. The molecule has 0 radical (unpaired) electrons. The van der Waals surface area contributed by atoms with Gasteiger partial charge < -0.3 is 0 Å². The summed E-state index contributed by atoms with van der Waals surface area (Å²) in [6.07, 6.45) is 3.94. The van der Waals surface area contributed by atoms with E-state index >= 15 is 0 Å². The van der Waals surface area contributed by atoms with Gasteiger partial charge in [0.15, 0.2) is 0 Å². The zero-order valence-corrected chi connectivity index (χ0v) is 27.6. The van der Waals surface area contributed by atoms with Gasteiger partial charge in [-0.1, -0.05) is 6.07 Å². The Hall–Kier alpha value is -5.05. The van der Waals surface area contributed by atoms with Crippen LogP contribution in [0, 0.1) is 10.7 Å². The second-order valence-electron chi connectivity index (χ2n) is 11.2. The van der Waals surface area contributed by atoms with E-state index in [1.54, 1.807) is 0 Å². The van der Waals surface area contributed by atoms with Gasteiger partial charge >= 0.3 is 270 Å². The molecule has 2 aromatic heterocycles. The van der Waals surface area contributed by atoms with Crippen LogP contribution in [0.1, 0.15) is 0 Å². The van der Waals surface area contributed by atoms with Gasteiger partial charge in [0.25, 0.3) is 0 Å². The van der Waals surface area contributed by atoms with Crippen LogP contribution in [0.3, 0.4) is 0 Å². The normalized spacial score (nSPS) is 12.7. The number of halogens is 1. The number of anilines is 3. The molecular weight excluding hydrogens is 695 g/mol. The van der Waals surface area contributed by atoms with Crippen molar-refractivity contribution in [1.82, 2.24) is 14.5 Å². The molecule has 0 bridgehead atoms. The predicted molar refractivity (Wildman–Crippen MR) is 201 cm³/mol. The third-order valence-electron chi connectivity index (χ3n) is 8.65. The van der Waals surface area contributed by atoms with Gasteiger partial charge in [-0.2, -0.15) is 0 Å². The Kier molecular flexibility index (Phi) is 6.40. The molecule has 46 heavy (non-hydrogen) atoms. The summed E-state index contributed by atoms with van der Waals surface area (Å²) in [5.74, 6) is 0.681. The molecule has 6 heteroatoms. The van der Waals surface area contributed by atoms with E-state index in [1.165, 1.54) is 28.9 Å². The van der Waals surface area contributed by atoms with Crippen molar-refractivity contribution in [3.05, 3.63) is 175 Å². The van der Waals surface area contributed by atoms with Crippen LogP contribution in [0.2, 0.25) is 0 Å². The predicted octanol–water partition coefficient (Wildman–Crippen LogP) is 11.1. The van der Waals surface area contributed by atoms with Crippen molar-refractivity contribution in [2.24, 2.45) is 0 Å². The van der Waals surface area contributed by atoms with Gasteiger partial charge in [0, 0.05) is 0 Å². The molecule has 0 unspecified atom stereocenters. The van der Waals surface area contributed by atoms with Crippen LogP contribution in [0.5, 0.6) is 0 Å². The maximum atomic E-state index is 6.60. The minimum absolute atomic E-state index is 0.681. The second kappa shape index (κ2) is 10.8. The molecule has 0 spiro atoms. The van der Waals surface area contributed by atoms with Crippen LogP contribution in [0.15, 0.2) is 164 Å². The quantitative estimate of drug-likeness (QED) is 0.166. The van der Waals surface area contributed by atoms with Crippen molar-refractivity contribution in [2.45, 2.75) is 0 Å². The van der Waals surface area contributed by atoms with E-state index in [-0.39, 0.29) is 0 Å². The summed E-state index contributed by atoms with van der Waals surface area (Å²) in [6.45, 7) is 0. The summed E-state index contributed by atoms with van der Waals surface area (Å²) in [4.78, 5) is 12.3. The molecule has 1 aliphatic rings. The zero-order valence-electron chi connectivity index (χ0n) is 24.7. The Balaban J connectivity index is 1.22. The average Bonchev–Trinajstić information content (AvgIpc) is 3.48. The summed E-state index contributed by atoms with van der Waals surface area (Å²) >= 11 is -3.28. The maximum absolute atomic E-state index is 6.60. The molecule has 0 amide bonds. The van der Waals surface area contributed by atoms with Crippen LogP contribution < -0.4 is 4.90 Å². The fourth-order valence-electron chi connectivity index (χ4n) is 6.61. The summed E-state index contributed by atoms with van der Waals surface area (Å²) in [6, 6.07) is 53.4. The third-order valence-corrected chi connectivity index (χ3v) is 19.5. The van der Waals surface area contributed by atoms with Gasteiger partial charge in [0.2, 0.25) is 0 Å². The molecule has 9 rings (SSSR count). The first-order chi connectivity index (χ1) is 22.7. The van der Waals surface area contributed by atoms with Gasteiger partial charge in [-0.3, -0.25) is 0 Å². The number of aromatic nitrogens is 3. The molecular formula is C40H27IN4S. The Labute approximate surface area is 274 Å². The van der Waals surface area contributed by atoms with E-state index in [9.17, 15) is 0 Å². The number of para-hydroxylation sites is 3. The van der Waals surface area contributed by atoms with Gasteiger partial charge in [-0.05, 0) is 0 Å². The first-order valence-electron chi connectivity index (χ1n) is 15.1. The van der Waals surface area contributed by atoms with E-state index in [0.717, 1.165) is 31.9 Å². The van der Waals surface area contributed by atoms with Gasteiger partial charge in [0.1, 0.15) is 0 Å². The van der Waals surface area contributed by atoms with E-state index in [4.69, 9.17) is 19.2 Å². The topological polar surface area (TPSA) is 34.0 Å². The van der Waals surface area contributed by atoms with E-state index in [1.807, 2.05) is 24.5 Å². The first kappa shape index (κ1) is 27.3. The molecule has 3 heterocycles. The molecule has 0 N–H and O–H groups in total. The Bertz CT molecular complexity index is 2400. The Morgan fingerprint density at radius 2 is 1.11 bits per heavy atom.